The topological polar surface area (TPSA) is 77.1 Å². The third-order valence-electron chi connectivity index (χ3n) is 3.56. The summed E-state index contributed by atoms with van der Waals surface area (Å²) in [5, 5.41) is 20.7. The summed E-state index contributed by atoms with van der Waals surface area (Å²) in [4.78, 5) is 0. The molecule has 114 valence electrons. The summed E-state index contributed by atoms with van der Waals surface area (Å²) in [6.45, 7) is 3.01. The largest absolute Gasteiger partial charge is 0.394 e. The number of aliphatic hydroxyl groups is 1. The maximum absolute atomic E-state index is 8.86. The molecule has 1 saturated heterocycles. The van der Waals surface area contributed by atoms with Crippen LogP contribution in [-0.4, -0.2) is 44.0 Å². The third-order valence-corrected chi connectivity index (χ3v) is 3.56. The van der Waals surface area contributed by atoms with Gasteiger partial charge in [0, 0.05) is 31.1 Å². The molecule has 0 aromatic carbocycles. The van der Waals surface area contributed by atoms with Crippen LogP contribution < -0.4 is 5.32 Å². The Hall–Kier alpha value is -1.86. The second kappa shape index (κ2) is 6.73. The van der Waals surface area contributed by atoms with Gasteiger partial charge in [-0.2, -0.15) is 10.2 Å². The van der Waals surface area contributed by atoms with Crippen LogP contribution in [0.1, 0.15) is 18.4 Å². The summed E-state index contributed by atoms with van der Waals surface area (Å²) in [5.74, 6) is 0. The van der Waals surface area contributed by atoms with E-state index in [2.05, 4.69) is 15.5 Å². The van der Waals surface area contributed by atoms with E-state index in [1.165, 1.54) is 0 Å². The Morgan fingerprint density at radius 3 is 3.00 bits per heavy atom. The average Bonchev–Trinajstić information content (AvgIpc) is 3.20. The normalized spacial score (nSPS) is 18.2. The maximum atomic E-state index is 8.86. The van der Waals surface area contributed by atoms with Crippen molar-refractivity contribution in [3.05, 3.63) is 30.4 Å². The first-order valence-corrected chi connectivity index (χ1v) is 7.33. The summed E-state index contributed by atoms with van der Waals surface area (Å²) >= 11 is 0. The molecule has 0 aliphatic carbocycles. The van der Waals surface area contributed by atoms with Crippen molar-refractivity contribution in [2.75, 3.05) is 18.5 Å². The van der Waals surface area contributed by atoms with Gasteiger partial charge in [-0.25, -0.2) is 0 Å². The number of hydrogen-bond donors (Lipinski definition) is 2. The molecule has 0 amide bonds. The average molecular weight is 291 g/mol. The lowest BCUT2D eigenvalue weighted by Gasteiger charge is -2.08. The quantitative estimate of drug-likeness (QED) is 0.791. The smallest absolute Gasteiger partial charge is 0.0771 e. The van der Waals surface area contributed by atoms with Crippen LogP contribution >= 0.6 is 0 Å². The Morgan fingerprint density at radius 2 is 2.19 bits per heavy atom. The molecule has 1 unspecified atom stereocenters. The molecule has 2 aromatic rings. The first-order valence-electron chi connectivity index (χ1n) is 7.33. The van der Waals surface area contributed by atoms with Gasteiger partial charge in [0.1, 0.15) is 0 Å². The van der Waals surface area contributed by atoms with E-state index in [0.717, 1.165) is 37.2 Å². The second-order valence-corrected chi connectivity index (χ2v) is 5.27. The molecule has 1 atom stereocenters. The number of rotatable bonds is 7. The molecule has 2 N–H and O–H groups in total. The SMILES string of the molecule is OCCn1cc(CNc2cnn(CC3CCCO3)c2)cn1. The van der Waals surface area contributed by atoms with Crippen LogP contribution in [0.2, 0.25) is 0 Å². The molecular weight excluding hydrogens is 270 g/mol. The fraction of sp³-hybridized carbons (Fsp3) is 0.571. The van der Waals surface area contributed by atoms with Crippen LogP contribution in [0.15, 0.2) is 24.8 Å². The fourth-order valence-corrected chi connectivity index (χ4v) is 2.48. The fourth-order valence-electron chi connectivity index (χ4n) is 2.48. The number of nitrogens with one attached hydrogen (secondary N) is 1. The molecule has 3 rings (SSSR count). The van der Waals surface area contributed by atoms with E-state index >= 15 is 0 Å². The van der Waals surface area contributed by atoms with Crippen molar-refractivity contribution in [2.24, 2.45) is 0 Å². The zero-order valence-electron chi connectivity index (χ0n) is 12.0. The van der Waals surface area contributed by atoms with Gasteiger partial charge in [0.15, 0.2) is 0 Å². The molecule has 1 aliphatic heterocycles. The van der Waals surface area contributed by atoms with E-state index < -0.39 is 0 Å². The lowest BCUT2D eigenvalue weighted by molar-refractivity contribution is 0.0940. The molecule has 0 spiro atoms. The molecule has 7 heteroatoms. The highest BCUT2D eigenvalue weighted by Crippen LogP contribution is 2.15. The van der Waals surface area contributed by atoms with Gasteiger partial charge < -0.3 is 15.2 Å². The first-order chi connectivity index (χ1) is 10.3. The number of anilines is 1. The van der Waals surface area contributed by atoms with Crippen molar-refractivity contribution in [1.82, 2.24) is 19.6 Å². The van der Waals surface area contributed by atoms with E-state index in [4.69, 9.17) is 9.84 Å². The van der Waals surface area contributed by atoms with E-state index in [1.54, 1.807) is 10.9 Å². The summed E-state index contributed by atoms with van der Waals surface area (Å²) in [5.41, 5.74) is 2.07. The third kappa shape index (κ3) is 3.83. The van der Waals surface area contributed by atoms with Gasteiger partial charge >= 0.3 is 0 Å². The molecule has 1 aliphatic rings. The summed E-state index contributed by atoms with van der Waals surface area (Å²) in [6, 6.07) is 0. The van der Waals surface area contributed by atoms with Crippen molar-refractivity contribution in [3.63, 3.8) is 0 Å². The van der Waals surface area contributed by atoms with Crippen molar-refractivity contribution < 1.29 is 9.84 Å². The summed E-state index contributed by atoms with van der Waals surface area (Å²) in [7, 11) is 0. The molecule has 3 heterocycles. The van der Waals surface area contributed by atoms with Gasteiger partial charge in [-0.1, -0.05) is 0 Å². The Morgan fingerprint density at radius 1 is 1.29 bits per heavy atom. The van der Waals surface area contributed by atoms with E-state index in [1.807, 2.05) is 23.3 Å². The molecule has 7 nitrogen and oxygen atoms in total. The highest BCUT2D eigenvalue weighted by atomic mass is 16.5. The summed E-state index contributed by atoms with van der Waals surface area (Å²) in [6.07, 6.45) is 10.1. The minimum Gasteiger partial charge on any atom is -0.394 e. The number of aromatic nitrogens is 4. The zero-order chi connectivity index (χ0) is 14.5. The lowest BCUT2D eigenvalue weighted by atomic mass is 10.2. The number of ether oxygens (including phenoxy) is 1. The van der Waals surface area contributed by atoms with Crippen LogP contribution in [0.25, 0.3) is 0 Å². The van der Waals surface area contributed by atoms with Crippen LogP contribution in [0.5, 0.6) is 0 Å². The molecule has 0 saturated carbocycles. The van der Waals surface area contributed by atoms with Crippen molar-refractivity contribution in [2.45, 2.75) is 38.6 Å². The predicted molar refractivity (Wildman–Crippen MR) is 77.8 cm³/mol. The minimum atomic E-state index is 0.102. The van der Waals surface area contributed by atoms with Gasteiger partial charge in [0.2, 0.25) is 0 Å². The van der Waals surface area contributed by atoms with Crippen LogP contribution in [0.4, 0.5) is 5.69 Å². The van der Waals surface area contributed by atoms with Gasteiger partial charge in [-0.15, -0.1) is 0 Å². The number of aliphatic hydroxyl groups excluding tert-OH is 1. The van der Waals surface area contributed by atoms with Gasteiger partial charge in [-0.3, -0.25) is 9.36 Å². The van der Waals surface area contributed by atoms with Crippen molar-refractivity contribution >= 4 is 5.69 Å². The minimum absolute atomic E-state index is 0.102. The van der Waals surface area contributed by atoms with Crippen LogP contribution in [0, 0.1) is 0 Å². The standard InChI is InChI=1S/C14H21N5O2/c20-4-3-18-9-12(7-16-18)6-15-13-8-17-19(10-13)11-14-2-1-5-21-14/h7-10,14-15,20H,1-6,11H2. The highest BCUT2D eigenvalue weighted by molar-refractivity contribution is 5.38. The van der Waals surface area contributed by atoms with E-state index in [0.29, 0.717) is 19.2 Å². The van der Waals surface area contributed by atoms with Crippen molar-refractivity contribution in [3.8, 4) is 0 Å². The lowest BCUT2D eigenvalue weighted by Crippen LogP contribution is -2.15. The zero-order valence-corrected chi connectivity index (χ0v) is 12.0. The second-order valence-electron chi connectivity index (χ2n) is 5.27. The molecule has 0 bridgehead atoms. The Kier molecular flexibility index (Phi) is 4.52. The Labute approximate surface area is 123 Å². The van der Waals surface area contributed by atoms with Gasteiger partial charge in [-0.05, 0) is 12.8 Å². The Bertz CT molecular complexity index is 559. The predicted octanol–water partition coefficient (Wildman–Crippen LogP) is 0.863. The van der Waals surface area contributed by atoms with E-state index in [9.17, 15) is 0 Å². The Balaban J connectivity index is 1.49. The van der Waals surface area contributed by atoms with Crippen LogP contribution in [-0.2, 0) is 24.4 Å². The molecule has 2 aromatic heterocycles. The number of hydrogen-bond acceptors (Lipinski definition) is 5. The molecule has 1 fully saturated rings. The highest BCUT2D eigenvalue weighted by Gasteiger charge is 2.16. The van der Waals surface area contributed by atoms with E-state index in [-0.39, 0.29) is 6.61 Å². The maximum Gasteiger partial charge on any atom is 0.0771 e. The monoisotopic (exact) mass is 291 g/mol. The van der Waals surface area contributed by atoms with Gasteiger partial charge in [0.05, 0.1) is 43.9 Å². The molecule has 21 heavy (non-hydrogen) atoms. The number of nitrogens with zero attached hydrogens (tertiary/aromatic N) is 4. The summed E-state index contributed by atoms with van der Waals surface area (Å²) < 4.78 is 9.27. The van der Waals surface area contributed by atoms with Crippen LogP contribution in [0.3, 0.4) is 0 Å². The van der Waals surface area contributed by atoms with Crippen molar-refractivity contribution in [1.29, 1.82) is 0 Å². The molecule has 0 radical (unpaired) electrons. The van der Waals surface area contributed by atoms with Gasteiger partial charge in [0.25, 0.3) is 0 Å². The molecular formula is C14H21N5O2. The first kappa shape index (κ1) is 14.1.